The number of nitrogens with zero attached hydrogens (tertiary/aromatic N) is 1. The lowest BCUT2D eigenvalue weighted by molar-refractivity contribution is -0.384. The van der Waals surface area contributed by atoms with Crippen molar-refractivity contribution in [3.8, 4) is 5.75 Å². The molecule has 3 rings (SSSR count). The van der Waals surface area contributed by atoms with E-state index in [9.17, 15) is 23.3 Å². The van der Waals surface area contributed by atoms with E-state index in [2.05, 4.69) is 5.32 Å². The third-order valence-corrected chi connectivity index (χ3v) is 5.77. The Hall–Kier alpha value is -3.72. The van der Waals surface area contributed by atoms with Gasteiger partial charge in [0.2, 0.25) is 9.84 Å². The molecule has 9 heteroatoms. The Balaban J connectivity index is 1.58. The normalized spacial score (nSPS) is 10.9. The fourth-order valence-electron chi connectivity index (χ4n) is 2.48. The Morgan fingerprint density at radius 1 is 0.897 bits per heavy atom. The maximum absolute atomic E-state index is 12.5. The Morgan fingerprint density at radius 3 is 2.07 bits per heavy atom. The molecule has 0 atom stereocenters. The van der Waals surface area contributed by atoms with Gasteiger partial charge in [0, 0.05) is 18.7 Å². The van der Waals surface area contributed by atoms with Crippen LogP contribution in [-0.4, -0.2) is 19.4 Å². The van der Waals surface area contributed by atoms with Gasteiger partial charge in [-0.1, -0.05) is 30.3 Å². The average Bonchev–Trinajstić information content (AvgIpc) is 2.73. The summed E-state index contributed by atoms with van der Waals surface area (Å²) in [5.41, 5.74) is 0.570. The van der Waals surface area contributed by atoms with E-state index in [1.165, 1.54) is 48.5 Å². The van der Waals surface area contributed by atoms with Crippen molar-refractivity contribution in [3.05, 3.63) is 94.5 Å². The summed E-state index contributed by atoms with van der Waals surface area (Å²) in [6.45, 7) is 0.122. The zero-order valence-corrected chi connectivity index (χ0v) is 15.8. The van der Waals surface area contributed by atoms with Gasteiger partial charge >= 0.3 is 6.09 Å². The first-order valence-corrected chi connectivity index (χ1v) is 9.94. The van der Waals surface area contributed by atoms with Gasteiger partial charge in [-0.05, 0) is 42.0 Å². The van der Waals surface area contributed by atoms with Crippen molar-refractivity contribution in [3.63, 3.8) is 0 Å². The number of nitro groups is 1. The van der Waals surface area contributed by atoms with Gasteiger partial charge in [-0.15, -0.1) is 0 Å². The minimum atomic E-state index is -3.60. The van der Waals surface area contributed by atoms with Crippen LogP contribution in [0, 0.1) is 10.1 Å². The summed E-state index contributed by atoms with van der Waals surface area (Å²) in [5.74, 6) is 0.164. The van der Waals surface area contributed by atoms with E-state index in [0.29, 0.717) is 5.56 Å². The molecular formula is C20H16N2O6S. The molecule has 0 radical (unpaired) electrons. The number of ether oxygens (including phenoxy) is 1. The molecule has 1 amide bonds. The highest BCUT2D eigenvalue weighted by molar-refractivity contribution is 7.91. The fourth-order valence-corrected chi connectivity index (χ4v) is 3.76. The standard InChI is InChI=1S/C20H16N2O6S/c23-20(28-17-10-8-16(9-11-17)22(24)25)21-14-15-6-12-19(13-7-15)29(26,27)18-4-2-1-3-5-18/h1-13H,14H2,(H,21,23). The number of amides is 1. The summed E-state index contributed by atoms with van der Waals surface area (Å²) in [5, 5.41) is 13.1. The van der Waals surface area contributed by atoms with Crippen molar-refractivity contribution in [2.24, 2.45) is 0 Å². The molecule has 0 bridgehead atoms. The summed E-state index contributed by atoms with van der Waals surface area (Å²) in [6.07, 6.45) is -0.736. The minimum Gasteiger partial charge on any atom is -0.410 e. The van der Waals surface area contributed by atoms with E-state index in [0.717, 1.165) is 0 Å². The van der Waals surface area contributed by atoms with Crippen LogP contribution in [0.25, 0.3) is 0 Å². The van der Waals surface area contributed by atoms with Gasteiger partial charge in [0.15, 0.2) is 0 Å². The van der Waals surface area contributed by atoms with Crippen molar-refractivity contribution in [2.75, 3.05) is 0 Å². The quantitative estimate of drug-likeness (QED) is 0.487. The molecule has 0 spiro atoms. The van der Waals surface area contributed by atoms with E-state index in [1.54, 1.807) is 30.3 Å². The van der Waals surface area contributed by atoms with Gasteiger partial charge in [0.05, 0.1) is 14.7 Å². The number of rotatable bonds is 6. The highest BCUT2D eigenvalue weighted by Gasteiger charge is 2.17. The monoisotopic (exact) mass is 412 g/mol. The fraction of sp³-hybridized carbons (Fsp3) is 0.0500. The molecule has 8 nitrogen and oxygen atoms in total. The summed E-state index contributed by atoms with van der Waals surface area (Å²) in [4.78, 5) is 22.3. The van der Waals surface area contributed by atoms with Crippen molar-refractivity contribution in [2.45, 2.75) is 16.3 Å². The van der Waals surface area contributed by atoms with E-state index in [4.69, 9.17) is 4.74 Å². The first-order valence-electron chi connectivity index (χ1n) is 8.45. The Morgan fingerprint density at radius 2 is 1.48 bits per heavy atom. The van der Waals surface area contributed by atoms with E-state index >= 15 is 0 Å². The molecule has 0 aliphatic rings. The first kappa shape index (κ1) is 20.0. The van der Waals surface area contributed by atoms with Gasteiger partial charge < -0.3 is 10.1 Å². The number of carbonyl (C=O) groups is 1. The number of non-ortho nitro benzene ring substituents is 1. The zero-order chi connectivity index (χ0) is 20.9. The van der Waals surface area contributed by atoms with Crippen LogP contribution in [0.2, 0.25) is 0 Å². The van der Waals surface area contributed by atoms with Crippen molar-refractivity contribution in [1.29, 1.82) is 0 Å². The molecule has 0 aromatic heterocycles. The van der Waals surface area contributed by atoms with Crippen LogP contribution in [0.4, 0.5) is 10.5 Å². The van der Waals surface area contributed by atoms with Gasteiger partial charge in [-0.3, -0.25) is 10.1 Å². The van der Waals surface area contributed by atoms with Crippen LogP contribution in [0.3, 0.4) is 0 Å². The number of carbonyl (C=O) groups excluding carboxylic acids is 1. The molecule has 0 fully saturated rings. The second-order valence-electron chi connectivity index (χ2n) is 5.95. The highest BCUT2D eigenvalue weighted by atomic mass is 32.2. The topological polar surface area (TPSA) is 116 Å². The second-order valence-corrected chi connectivity index (χ2v) is 7.90. The molecule has 3 aromatic rings. The number of sulfone groups is 1. The third-order valence-electron chi connectivity index (χ3n) is 3.98. The van der Waals surface area contributed by atoms with Crippen LogP contribution in [0.1, 0.15) is 5.56 Å². The molecule has 0 heterocycles. The van der Waals surface area contributed by atoms with E-state index in [-0.39, 0.29) is 27.8 Å². The Labute approximate surface area is 166 Å². The molecule has 0 unspecified atom stereocenters. The Bertz CT molecular complexity index is 1110. The Kier molecular flexibility index (Phi) is 5.89. The molecule has 3 aromatic carbocycles. The molecule has 148 valence electrons. The number of hydrogen-bond donors (Lipinski definition) is 1. The molecular weight excluding hydrogens is 396 g/mol. The summed E-state index contributed by atoms with van der Waals surface area (Å²) >= 11 is 0. The van der Waals surface area contributed by atoms with Gasteiger partial charge in [0.25, 0.3) is 5.69 Å². The molecule has 1 N–H and O–H groups in total. The molecule has 29 heavy (non-hydrogen) atoms. The predicted octanol–water partition coefficient (Wildman–Crippen LogP) is 3.72. The lowest BCUT2D eigenvalue weighted by Crippen LogP contribution is -2.26. The first-order chi connectivity index (χ1) is 13.9. The van der Waals surface area contributed by atoms with Crippen LogP contribution in [0.5, 0.6) is 5.75 Å². The zero-order valence-electron chi connectivity index (χ0n) is 15.0. The maximum Gasteiger partial charge on any atom is 0.412 e. The summed E-state index contributed by atoms with van der Waals surface area (Å²) < 4.78 is 30.1. The highest BCUT2D eigenvalue weighted by Crippen LogP contribution is 2.21. The molecule has 0 aliphatic carbocycles. The predicted molar refractivity (Wildman–Crippen MR) is 104 cm³/mol. The molecule has 0 aliphatic heterocycles. The number of hydrogen-bond acceptors (Lipinski definition) is 6. The summed E-state index contributed by atoms with van der Waals surface area (Å²) in [7, 11) is -3.60. The van der Waals surface area contributed by atoms with Gasteiger partial charge in [0.1, 0.15) is 5.75 Å². The van der Waals surface area contributed by atoms with Gasteiger partial charge in [-0.25, -0.2) is 13.2 Å². The van der Waals surface area contributed by atoms with E-state index in [1.807, 2.05) is 0 Å². The largest absolute Gasteiger partial charge is 0.412 e. The molecule has 0 saturated heterocycles. The lowest BCUT2D eigenvalue weighted by Gasteiger charge is -2.08. The van der Waals surface area contributed by atoms with Gasteiger partial charge in [-0.2, -0.15) is 0 Å². The van der Waals surface area contributed by atoms with Crippen LogP contribution >= 0.6 is 0 Å². The smallest absolute Gasteiger partial charge is 0.410 e. The van der Waals surface area contributed by atoms with Crippen molar-refractivity contribution < 1.29 is 22.9 Å². The van der Waals surface area contributed by atoms with E-state index < -0.39 is 20.9 Å². The summed E-state index contributed by atoms with van der Waals surface area (Å²) in [6, 6.07) is 19.3. The van der Waals surface area contributed by atoms with Crippen LogP contribution in [-0.2, 0) is 16.4 Å². The maximum atomic E-state index is 12.5. The number of nitrogens with one attached hydrogen (secondary N) is 1. The third kappa shape index (κ3) is 4.96. The van der Waals surface area contributed by atoms with Crippen LogP contribution < -0.4 is 10.1 Å². The second kappa shape index (κ2) is 8.53. The SMILES string of the molecule is O=C(NCc1ccc(S(=O)(=O)c2ccccc2)cc1)Oc1ccc([N+](=O)[O-])cc1. The average molecular weight is 412 g/mol. The lowest BCUT2D eigenvalue weighted by atomic mass is 10.2. The number of benzene rings is 3. The number of nitro benzene ring substituents is 1. The van der Waals surface area contributed by atoms with Crippen molar-refractivity contribution >= 4 is 21.6 Å². The van der Waals surface area contributed by atoms with Crippen molar-refractivity contribution in [1.82, 2.24) is 5.32 Å². The molecule has 0 saturated carbocycles. The minimum absolute atomic E-state index is 0.108. The van der Waals surface area contributed by atoms with Crippen LogP contribution in [0.15, 0.2) is 88.7 Å².